The maximum atomic E-state index is 11.6. The summed E-state index contributed by atoms with van der Waals surface area (Å²) in [7, 11) is -0.733. The molecule has 0 fully saturated rings. The topological polar surface area (TPSA) is 92.9 Å². The molecule has 0 atom stereocenters. The van der Waals surface area contributed by atoms with Crippen molar-refractivity contribution in [3.63, 3.8) is 0 Å². The smallest absolute Gasteiger partial charge is 0.300 e. The molecule has 1 aromatic rings. The predicted molar refractivity (Wildman–Crippen MR) is 65.3 cm³/mol. The Hall–Kier alpha value is -1.19. The first-order valence-electron chi connectivity index (χ1n) is 4.14. The van der Waals surface area contributed by atoms with Crippen molar-refractivity contribution in [3.8, 4) is 0 Å². The number of rotatable bonds is 4. The summed E-state index contributed by atoms with van der Waals surface area (Å²) in [5.41, 5.74) is -0.435. The Morgan fingerprint density at radius 2 is 2.18 bits per heavy atom. The van der Waals surface area contributed by atoms with Crippen molar-refractivity contribution in [1.29, 1.82) is 0 Å². The highest BCUT2D eigenvalue weighted by atomic mass is 35.5. The monoisotopic (exact) mass is 297 g/mol. The number of nitrogens with zero attached hydrogens (tertiary/aromatic N) is 3. The zero-order valence-electron chi connectivity index (χ0n) is 8.82. The lowest BCUT2D eigenvalue weighted by Crippen LogP contribution is -2.09. The molecule has 17 heavy (non-hydrogen) atoms. The summed E-state index contributed by atoms with van der Waals surface area (Å²) < 4.78 is 26.2. The molecule has 0 saturated heterocycles. The van der Waals surface area contributed by atoms with Crippen LogP contribution in [0.4, 0.5) is 5.69 Å². The van der Waals surface area contributed by atoms with E-state index >= 15 is 0 Å². The summed E-state index contributed by atoms with van der Waals surface area (Å²) in [5, 5.41) is 10.5. The van der Waals surface area contributed by atoms with Crippen molar-refractivity contribution >= 4 is 45.0 Å². The van der Waals surface area contributed by atoms with Crippen LogP contribution in [-0.2, 0) is 10.0 Å². The molecule has 10 heteroatoms. The van der Waals surface area contributed by atoms with Gasteiger partial charge < -0.3 is 4.90 Å². The van der Waals surface area contributed by atoms with Crippen LogP contribution >= 0.6 is 22.9 Å². The SMILES string of the molecule is CN(C)C=NS(=O)(=O)c1cc([N+](=O)[O-])c(Cl)s1. The lowest BCUT2D eigenvalue weighted by Gasteiger charge is -2.01. The van der Waals surface area contributed by atoms with E-state index in [1.807, 2.05) is 0 Å². The Kier molecular flexibility index (Phi) is 4.07. The molecule has 0 N–H and O–H groups in total. The number of halogens is 1. The molecule has 0 unspecified atom stereocenters. The first-order chi connectivity index (χ1) is 7.74. The number of hydrogen-bond acceptors (Lipinski definition) is 5. The van der Waals surface area contributed by atoms with Gasteiger partial charge in [0.05, 0.1) is 4.92 Å². The highest BCUT2D eigenvalue weighted by molar-refractivity contribution is 7.92. The molecule has 7 nitrogen and oxygen atoms in total. The van der Waals surface area contributed by atoms with Gasteiger partial charge in [0.25, 0.3) is 15.7 Å². The maximum Gasteiger partial charge on any atom is 0.300 e. The van der Waals surface area contributed by atoms with Gasteiger partial charge in [0.2, 0.25) is 0 Å². The highest BCUT2D eigenvalue weighted by Crippen LogP contribution is 2.36. The number of sulfonamides is 1. The van der Waals surface area contributed by atoms with E-state index in [-0.39, 0.29) is 8.55 Å². The van der Waals surface area contributed by atoms with Gasteiger partial charge in [-0.1, -0.05) is 11.6 Å². The molecule has 0 amide bonds. The second-order valence-electron chi connectivity index (χ2n) is 3.14. The van der Waals surface area contributed by atoms with Crippen molar-refractivity contribution < 1.29 is 13.3 Å². The number of thiophene rings is 1. The molecule has 0 aliphatic heterocycles. The van der Waals surface area contributed by atoms with Crippen LogP contribution < -0.4 is 0 Å². The fourth-order valence-electron chi connectivity index (χ4n) is 0.798. The average Bonchev–Trinajstić information content (AvgIpc) is 2.58. The number of nitro groups is 1. The van der Waals surface area contributed by atoms with Crippen molar-refractivity contribution in [2.75, 3.05) is 14.1 Å². The molecule has 0 saturated carbocycles. The van der Waals surface area contributed by atoms with E-state index < -0.39 is 20.6 Å². The molecular formula is C7H8ClN3O4S2. The van der Waals surface area contributed by atoms with E-state index in [1.54, 1.807) is 14.1 Å². The lowest BCUT2D eigenvalue weighted by atomic mass is 10.6. The Morgan fingerprint density at radius 3 is 2.59 bits per heavy atom. The summed E-state index contributed by atoms with van der Waals surface area (Å²) in [6, 6.07) is 0.898. The zero-order chi connectivity index (χ0) is 13.2. The fourth-order valence-corrected chi connectivity index (χ4v) is 3.37. The molecule has 1 rings (SSSR count). The van der Waals surface area contributed by atoms with Crippen LogP contribution in [0.3, 0.4) is 0 Å². The molecule has 0 aliphatic carbocycles. The van der Waals surface area contributed by atoms with Crippen molar-refractivity contribution in [2.45, 2.75) is 4.21 Å². The van der Waals surface area contributed by atoms with Crippen LogP contribution in [0.2, 0.25) is 4.34 Å². The van der Waals surface area contributed by atoms with Crippen LogP contribution in [0, 0.1) is 10.1 Å². The molecule has 0 spiro atoms. The zero-order valence-corrected chi connectivity index (χ0v) is 11.2. The first-order valence-corrected chi connectivity index (χ1v) is 6.78. The fraction of sp³-hybridized carbons (Fsp3) is 0.286. The van der Waals surface area contributed by atoms with Crippen LogP contribution in [0.25, 0.3) is 0 Å². The Labute approximate surface area is 107 Å². The molecule has 0 radical (unpaired) electrons. The third-order valence-corrected chi connectivity index (χ3v) is 4.53. The van der Waals surface area contributed by atoms with E-state index in [9.17, 15) is 18.5 Å². The quantitative estimate of drug-likeness (QED) is 0.364. The predicted octanol–water partition coefficient (Wildman–Crippen LogP) is 1.59. The first kappa shape index (κ1) is 13.9. The van der Waals surface area contributed by atoms with E-state index in [4.69, 9.17) is 11.6 Å². The minimum absolute atomic E-state index is 0.186. The highest BCUT2D eigenvalue weighted by Gasteiger charge is 2.24. The normalized spacial score (nSPS) is 11.9. The summed E-state index contributed by atoms with van der Waals surface area (Å²) in [6.07, 6.45) is 1.09. The lowest BCUT2D eigenvalue weighted by molar-refractivity contribution is -0.384. The van der Waals surface area contributed by atoms with E-state index in [0.29, 0.717) is 11.3 Å². The van der Waals surface area contributed by atoms with Gasteiger partial charge in [0.1, 0.15) is 6.34 Å². The van der Waals surface area contributed by atoms with Gasteiger partial charge in [-0.2, -0.15) is 8.42 Å². The second kappa shape index (κ2) is 4.98. The Morgan fingerprint density at radius 1 is 1.59 bits per heavy atom. The molecule has 94 valence electrons. The van der Waals surface area contributed by atoms with Gasteiger partial charge in [0.15, 0.2) is 8.55 Å². The third kappa shape index (κ3) is 3.38. The second-order valence-corrected chi connectivity index (χ2v) is 6.65. The Bertz CT molecular complexity index is 564. The Balaban J connectivity index is 3.17. The summed E-state index contributed by atoms with van der Waals surface area (Å²) >= 11 is 6.16. The molecule has 0 aliphatic rings. The number of hydrogen-bond donors (Lipinski definition) is 0. The third-order valence-electron chi connectivity index (χ3n) is 1.51. The summed E-state index contributed by atoms with van der Waals surface area (Å²) in [6.45, 7) is 0. The molecule has 1 aromatic heterocycles. The van der Waals surface area contributed by atoms with Gasteiger partial charge in [0, 0.05) is 20.2 Å². The van der Waals surface area contributed by atoms with Crippen molar-refractivity contribution in [1.82, 2.24) is 4.90 Å². The van der Waals surface area contributed by atoms with E-state index in [0.717, 1.165) is 12.4 Å². The minimum Gasteiger partial charge on any atom is -0.368 e. The summed E-state index contributed by atoms with van der Waals surface area (Å²) in [4.78, 5) is 11.2. The van der Waals surface area contributed by atoms with E-state index in [2.05, 4.69) is 4.40 Å². The minimum atomic E-state index is -3.93. The van der Waals surface area contributed by atoms with Crippen LogP contribution in [0.1, 0.15) is 0 Å². The molecule has 0 aromatic carbocycles. The average molecular weight is 298 g/mol. The summed E-state index contributed by atoms with van der Waals surface area (Å²) in [5.74, 6) is 0. The van der Waals surface area contributed by atoms with Gasteiger partial charge in [-0.25, -0.2) is 0 Å². The van der Waals surface area contributed by atoms with Crippen LogP contribution in [-0.4, -0.2) is 38.7 Å². The van der Waals surface area contributed by atoms with Crippen LogP contribution in [0.15, 0.2) is 14.7 Å². The maximum absolute atomic E-state index is 11.6. The van der Waals surface area contributed by atoms with Gasteiger partial charge >= 0.3 is 0 Å². The van der Waals surface area contributed by atoms with Crippen molar-refractivity contribution in [2.24, 2.45) is 4.40 Å². The molecule has 0 bridgehead atoms. The molecule has 1 heterocycles. The van der Waals surface area contributed by atoms with Crippen LogP contribution in [0.5, 0.6) is 0 Å². The van der Waals surface area contributed by atoms with Crippen molar-refractivity contribution in [3.05, 3.63) is 20.5 Å². The molecular weight excluding hydrogens is 290 g/mol. The standard InChI is InChI=1S/C7H8ClN3O4S2/c1-10(2)4-9-17(14,15)6-3-5(11(12)13)7(8)16-6/h3-4H,1-2H3. The van der Waals surface area contributed by atoms with Gasteiger partial charge in [-0.15, -0.1) is 15.7 Å². The largest absolute Gasteiger partial charge is 0.368 e. The van der Waals surface area contributed by atoms with E-state index in [1.165, 1.54) is 4.90 Å². The van der Waals surface area contributed by atoms with Gasteiger partial charge in [-0.3, -0.25) is 10.1 Å². The van der Waals surface area contributed by atoms with Gasteiger partial charge in [-0.05, 0) is 0 Å².